The van der Waals surface area contributed by atoms with E-state index in [-0.39, 0.29) is 35.4 Å². The lowest BCUT2D eigenvalue weighted by Gasteiger charge is -2.42. The molecule has 2 N–H and O–H groups in total. The predicted molar refractivity (Wildman–Crippen MR) is 201 cm³/mol. The average molecular weight is 737 g/mol. The Morgan fingerprint density at radius 3 is 2.52 bits per heavy atom. The molecular formula is C40H45FN8O5. The molecule has 0 spiro atoms. The molecular weight excluding hydrogens is 691 g/mol. The third-order valence-electron chi connectivity index (χ3n) is 11.5. The van der Waals surface area contributed by atoms with Crippen LogP contribution in [0.25, 0.3) is 21.9 Å². The minimum atomic E-state index is -1.67. The number of carbonyl (C=O) groups excluding carboxylic acids is 3. The number of piperidine rings is 1. The van der Waals surface area contributed by atoms with Gasteiger partial charge in [-0.05, 0) is 87.8 Å². The molecule has 3 amide bonds. The van der Waals surface area contributed by atoms with Gasteiger partial charge in [0.15, 0.2) is 0 Å². The number of alkyl halides is 1. The van der Waals surface area contributed by atoms with E-state index in [0.29, 0.717) is 35.2 Å². The van der Waals surface area contributed by atoms with Crippen LogP contribution in [0.15, 0.2) is 59.5 Å². The van der Waals surface area contributed by atoms with Crippen LogP contribution in [0.4, 0.5) is 10.1 Å². The SMILES string of the molecule is COc1cc2nn([C@H]3CC[C@H](CN4CC(c5ccc6c(c5)n(C)c(=O)n6C5CCC(=O)NC5=O)C4)CC3)cc2cc1NC(=O)c1cccc(C(C)(C)F)n1. The number of pyridine rings is 1. The number of likely N-dealkylation sites (tertiary alicyclic amines) is 1. The molecule has 0 bridgehead atoms. The molecule has 3 fully saturated rings. The first-order chi connectivity index (χ1) is 25.9. The van der Waals surface area contributed by atoms with E-state index in [0.717, 1.165) is 61.7 Å². The summed E-state index contributed by atoms with van der Waals surface area (Å²) in [5.74, 6) is 0.292. The van der Waals surface area contributed by atoms with E-state index in [1.165, 1.54) is 24.0 Å². The van der Waals surface area contributed by atoms with E-state index in [1.807, 2.05) is 24.4 Å². The van der Waals surface area contributed by atoms with Gasteiger partial charge in [0.05, 0.1) is 41.1 Å². The molecule has 282 valence electrons. The number of methoxy groups -OCH3 is 1. The summed E-state index contributed by atoms with van der Waals surface area (Å²) in [7, 11) is 3.28. The molecule has 1 unspecified atom stereocenters. The lowest BCUT2D eigenvalue weighted by molar-refractivity contribution is -0.135. The second-order valence-electron chi connectivity index (χ2n) is 15.6. The summed E-state index contributed by atoms with van der Waals surface area (Å²) < 4.78 is 25.3. The minimum Gasteiger partial charge on any atom is -0.494 e. The number of nitrogens with zero attached hydrogens (tertiary/aromatic N) is 6. The van der Waals surface area contributed by atoms with Gasteiger partial charge in [-0.1, -0.05) is 12.1 Å². The minimum absolute atomic E-state index is 0.121. The number of amides is 3. The number of imidazole rings is 1. The fraction of sp³-hybridized carbons (Fsp3) is 0.450. The molecule has 2 aromatic carbocycles. The molecule has 14 heteroatoms. The zero-order chi connectivity index (χ0) is 37.9. The number of anilines is 1. The number of imide groups is 1. The maximum absolute atomic E-state index is 14.5. The molecule has 2 aliphatic heterocycles. The van der Waals surface area contributed by atoms with Gasteiger partial charge in [0, 0.05) is 56.7 Å². The van der Waals surface area contributed by atoms with Crippen LogP contribution in [0.1, 0.15) is 92.1 Å². The van der Waals surface area contributed by atoms with Crippen molar-refractivity contribution in [2.75, 3.05) is 32.1 Å². The number of benzene rings is 2. The van der Waals surface area contributed by atoms with Crippen molar-refractivity contribution < 1.29 is 23.5 Å². The topological polar surface area (TPSA) is 145 Å². The number of aromatic nitrogens is 5. The maximum atomic E-state index is 14.5. The molecule has 2 saturated heterocycles. The first-order valence-corrected chi connectivity index (χ1v) is 18.7. The fourth-order valence-electron chi connectivity index (χ4n) is 8.35. The highest BCUT2D eigenvalue weighted by Gasteiger charge is 2.34. The molecule has 3 aliphatic rings. The summed E-state index contributed by atoms with van der Waals surface area (Å²) in [5.41, 5.74) is 2.36. The Morgan fingerprint density at radius 2 is 1.80 bits per heavy atom. The molecule has 54 heavy (non-hydrogen) atoms. The van der Waals surface area contributed by atoms with Crippen molar-refractivity contribution in [3.63, 3.8) is 0 Å². The number of fused-ring (bicyclic) bond motifs is 2. The largest absolute Gasteiger partial charge is 0.494 e. The summed E-state index contributed by atoms with van der Waals surface area (Å²) >= 11 is 0. The van der Waals surface area contributed by atoms with Crippen LogP contribution >= 0.6 is 0 Å². The van der Waals surface area contributed by atoms with Crippen molar-refractivity contribution >= 4 is 45.3 Å². The van der Waals surface area contributed by atoms with E-state index in [1.54, 1.807) is 36.9 Å². The smallest absolute Gasteiger partial charge is 0.329 e. The molecule has 3 aromatic heterocycles. The highest BCUT2D eigenvalue weighted by atomic mass is 19.1. The van der Waals surface area contributed by atoms with Gasteiger partial charge in [0.2, 0.25) is 11.8 Å². The molecule has 1 saturated carbocycles. The number of halogens is 1. The van der Waals surface area contributed by atoms with E-state index in [4.69, 9.17) is 9.84 Å². The highest BCUT2D eigenvalue weighted by Crippen LogP contribution is 2.38. The quantitative estimate of drug-likeness (QED) is 0.193. The van der Waals surface area contributed by atoms with Crippen LogP contribution in [0, 0.1) is 5.92 Å². The van der Waals surface area contributed by atoms with E-state index < -0.39 is 23.5 Å². The van der Waals surface area contributed by atoms with Gasteiger partial charge >= 0.3 is 5.69 Å². The van der Waals surface area contributed by atoms with Gasteiger partial charge in [0.25, 0.3) is 5.91 Å². The number of carbonyl (C=O) groups is 3. The Balaban J connectivity index is 0.868. The average Bonchev–Trinajstić information content (AvgIpc) is 3.66. The number of aryl methyl sites for hydroxylation is 1. The molecule has 1 aliphatic carbocycles. The zero-order valence-electron chi connectivity index (χ0n) is 31.0. The Bertz CT molecular complexity index is 2340. The Morgan fingerprint density at radius 1 is 1.02 bits per heavy atom. The van der Waals surface area contributed by atoms with E-state index in [9.17, 15) is 23.6 Å². The number of hydrogen-bond acceptors (Lipinski definition) is 8. The zero-order valence-corrected chi connectivity index (χ0v) is 31.0. The summed E-state index contributed by atoms with van der Waals surface area (Å²) in [6.45, 7) is 5.80. The van der Waals surface area contributed by atoms with Gasteiger partial charge in [-0.2, -0.15) is 5.10 Å². The summed E-state index contributed by atoms with van der Waals surface area (Å²) in [6, 6.07) is 14.1. The van der Waals surface area contributed by atoms with Crippen molar-refractivity contribution in [1.29, 1.82) is 0 Å². The number of rotatable bonds is 9. The van der Waals surface area contributed by atoms with Crippen molar-refractivity contribution in [2.24, 2.45) is 13.0 Å². The van der Waals surface area contributed by atoms with Gasteiger partial charge in [-0.25, -0.2) is 14.2 Å². The number of nitrogens with one attached hydrogen (secondary N) is 2. The van der Waals surface area contributed by atoms with Crippen LogP contribution < -0.4 is 21.1 Å². The number of hydrogen-bond donors (Lipinski definition) is 2. The summed E-state index contributed by atoms with van der Waals surface area (Å²) in [6.07, 6.45) is 6.84. The number of ether oxygens (including phenoxy) is 1. The van der Waals surface area contributed by atoms with Crippen LogP contribution in [-0.4, -0.2) is 73.3 Å². The van der Waals surface area contributed by atoms with Gasteiger partial charge < -0.3 is 15.0 Å². The van der Waals surface area contributed by atoms with Gasteiger partial charge in [-0.3, -0.25) is 33.5 Å². The van der Waals surface area contributed by atoms with Crippen LogP contribution in [-0.2, 0) is 22.3 Å². The molecule has 0 radical (unpaired) electrons. The molecule has 5 aromatic rings. The second kappa shape index (κ2) is 13.8. The fourth-order valence-corrected chi connectivity index (χ4v) is 8.35. The third-order valence-corrected chi connectivity index (χ3v) is 11.5. The summed E-state index contributed by atoms with van der Waals surface area (Å²) in [4.78, 5) is 57.3. The van der Waals surface area contributed by atoms with Crippen molar-refractivity contribution in [3.05, 3.63) is 82.2 Å². The lowest BCUT2D eigenvalue weighted by atomic mass is 9.83. The van der Waals surface area contributed by atoms with Gasteiger partial charge in [0.1, 0.15) is 23.2 Å². The van der Waals surface area contributed by atoms with Crippen molar-refractivity contribution in [3.8, 4) is 5.75 Å². The van der Waals surface area contributed by atoms with Crippen molar-refractivity contribution in [1.82, 2.24) is 34.1 Å². The van der Waals surface area contributed by atoms with Crippen LogP contribution in [0.5, 0.6) is 5.75 Å². The second-order valence-corrected chi connectivity index (χ2v) is 15.6. The first-order valence-electron chi connectivity index (χ1n) is 18.7. The van der Waals surface area contributed by atoms with E-state index in [2.05, 4.69) is 37.3 Å². The van der Waals surface area contributed by atoms with Crippen LogP contribution in [0.3, 0.4) is 0 Å². The Hall–Kier alpha value is -5.37. The van der Waals surface area contributed by atoms with Crippen LogP contribution in [0.2, 0.25) is 0 Å². The first kappa shape index (κ1) is 35.6. The monoisotopic (exact) mass is 736 g/mol. The molecule has 1 atom stereocenters. The Labute approximate surface area is 311 Å². The highest BCUT2D eigenvalue weighted by molar-refractivity contribution is 6.05. The summed E-state index contributed by atoms with van der Waals surface area (Å²) in [5, 5.41) is 11.0. The lowest BCUT2D eigenvalue weighted by Crippen LogP contribution is -2.47. The normalized spacial score (nSPS) is 21.3. The third kappa shape index (κ3) is 6.67. The standard InChI is InChI=1S/C40H45FN8O5/c1-40(2,41)35-7-5-6-28(42-35)37(51)43-30-16-25-22-48(45-29(25)18-34(30)54-4)27-11-8-23(9-12-27)19-47-20-26(21-47)24-10-13-31-33(17-24)46(3)39(53)49(31)32-14-15-36(50)44-38(32)52/h5-7,10,13,16-18,22-23,26-27,32H,8-9,11-12,14-15,19-21H2,1-4H3,(H,43,51)(H,44,50,52)/t23-,27-,32?. The van der Waals surface area contributed by atoms with E-state index >= 15 is 0 Å². The predicted octanol–water partition coefficient (Wildman–Crippen LogP) is 5.36. The molecule has 13 nitrogen and oxygen atoms in total. The molecule has 8 rings (SSSR count). The molecule has 5 heterocycles. The van der Waals surface area contributed by atoms with Gasteiger partial charge in [-0.15, -0.1) is 0 Å². The van der Waals surface area contributed by atoms with Crippen molar-refractivity contribution in [2.45, 2.75) is 76.0 Å². The maximum Gasteiger partial charge on any atom is 0.329 e. The Kier molecular flexibility index (Phi) is 9.11.